The van der Waals surface area contributed by atoms with Gasteiger partial charge in [-0.15, -0.1) is 11.3 Å². The van der Waals surface area contributed by atoms with Crippen molar-refractivity contribution in [1.82, 2.24) is 9.47 Å². The SMILES string of the molecule is CN(C)Cc1cccn1-c1sccc1/C(=N\O)c1ccccc1. The Kier molecular flexibility index (Phi) is 4.60. The summed E-state index contributed by atoms with van der Waals surface area (Å²) >= 11 is 1.64. The van der Waals surface area contributed by atoms with Gasteiger partial charge in [0, 0.05) is 29.6 Å². The summed E-state index contributed by atoms with van der Waals surface area (Å²) in [5.41, 5.74) is 3.62. The molecule has 0 aliphatic heterocycles. The van der Waals surface area contributed by atoms with Crippen molar-refractivity contribution < 1.29 is 5.21 Å². The first-order valence-corrected chi connectivity index (χ1v) is 8.25. The summed E-state index contributed by atoms with van der Waals surface area (Å²) in [6.07, 6.45) is 2.05. The molecule has 2 aromatic heterocycles. The van der Waals surface area contributed by atoms with Crippen molar-refractivity contribution in [3.63, 3.8) is 0 Å². The first kappa shape index (κ1) is 15.5. The first-order chi connectivity index (χ1) is 11.2. The lowest BCUT2D eigenvalue weighted by Gasteiger charge is -2.14. The Morgan fingerprint density at radius 1 is 1.13 bits per heavy atom. The van der Waals surface area contributed by atoms with E-state index in [9.17, 15) is 5.21 Å². The highest BCUT2D eigenvalue weighted by Crippen LogP contribution is 2.27. The lowest BCUT2D eigenvalue weighted by molar-refractivity contribution is 0.319. The molecule has 1 N–H and O–H groups in total. The monoisotopic (exact) mass is 325 g/mol. The maximum Gasteiger partial charge on any atom is 0.120 e. The van der Waals surface area contributed by atoms with E-state index in [1.807, 2.05) is 54.0 Å². The van der Waals surface area contributed by atoms with E-state index in [4.69, 9.17) is 0 Å². The van der Waals surface area contributed by atoms with E-state index in [-0.39, 0.29) is 0 Å². The van der Waals surface area contributed by atoms with Crippen LogP contribution in [0, 0.1) is 0 Å². The molecular weight excluding hydrogens is 306 g/mol. The molecule has 5 heteroatoms. The molecule has 3 aromatic rings. The van der Waals surface area contributed by atoms with Crippen LogP contribution in [0.1, 0.15) is 16.8 Å². The normalized spacial score (nSPS) is 12.0. The van der Waals surface area contributed by atoms with Crippen molar-refractivity contribution in [2.45, 2.75) is 6.54 Å². The molecule has 4 nitrogen and oxygen atoms in total. The molecule has 23 heavy (non-hydrogen) atoms. The molecule has 0 spiro atoms. The van der Waals surface area contributed by atoms with E-state index in [0.29, 0.717) is 5.71 Å². The Balaban J connectivity index is 2.05. The summed E-state index contributed by atoms with van der Waals surface area (Å²) in [6.45, 7) is 0.848. The van der Waals surface area contributed by atoms with Gasteiger partial charge in [0.05, 0.1) is 0 Å². The van der Waals surface area contributed by atoms with Gasteiger partial charge in [0.2, 0.25) is 0 Å². The number of aromatic nitrogens is 1. The molecule has 1 aromatic carbocycles. The van der Waals surface area contributed by atoms with E-state index in [2.05, 4.69) is 34.8 Å². The molecule has 0 saturated heterocycles. The number of rotatable bonds is 5. The number of benzene rings is 1. The van der Waals surface area contributed by atoms with Gasteiger partial charge in [-0.25, -0.2) is 0 Å². The lowest BCUT2D eigenvalue weighted by Crippen LogP contribution is -2.14. The summed E-state index contributed by atoms with van der Waals surface area (Å²) < 4.78 is 2.16. The largest absolute Gasteiger partial charge is 0.410 e. The zero-order valence-corrected chi connectivity index (χ0v) is 14.0. The summed E-state index contributed by atoms with van der Waals surface area (Å²) in [6, 6.07) is 15.9. The van der Waals surface area contributed by atoms with Gasteiger partial charge in [0.25, 0.3) is 0 Å². The predicted molar refractivity (Wildman–Crippen MR) is 94.9 cm³/mol. The van der Waals surface area contributed by atoms with Gasteiger partial charge in [0.15, 0.2) is 0 Å². The van der Waals surface area contributed by atoms with Crippen molar-refractivity contribution in [3.05, 3.63) is 76.9 Å². The fraction of sp³-hybridized carbons (Fsp3) is 0.167. The molecule has 0 radical (unpaired) electrons. The minimum Gasteiger partial charge on any atom is -0.410 e. The molecule has 0 bridgehead atoms. The fourth-order valence-electron chi connectivity index (χ4n) is 2.60. The van der Waals surface area contributed by atoms with Crippen LogP contribution in [0.25, 0.3) is 5.00 Å². The summed E-state index contributed by atoms with van der Waals surface area (Å²) in [7, 11) is 4.11. The number of hydrogen-bond acceptors (Lipinski definition) is 4. The Labute approximate surface area is 139 Å². The van der Waals surface area contributed by atoms with Crippen molar-refractivity contribution in [2.24, 2.45) is 5.16 Å². The van der Waals surface area contributed by atoms with E-state index < -0.39 is 0 Å². The number of nitrogens with zero attached hydrogens (tertiary/aromatic N) is 3. The standard InChI is InChI=1S/C18H19N3OS/c1-20(2)13-15-9-6-11-21(15)18-16(10-12-23-18)17(19-22)14-7-4-3-5-8-14/h3-12,22H,13H2,1-2H3/b19-17-. The molecular formula is C18H19N3OS. The van der Waals surface area contributed by atoms with E-state index >= 15 is 0 Å². The van der Waals surface area contributed by atoms with Crippen LogP contribution in [-0.2, 0) is 6.54 Å². The van der Waals surface area contributed by atoms with E-state index in [0.717, 1.165) is 22.7 Å². The summed E-state index contributed by atoms with van der Waals surface area (Å²) in [5, 5.41) is 16.2. The molecule has 0 fully saturated rings. The molecule has 0 aliphatic carbocycles. The number of hydrogen-bond donors (Lipinski definition) is 1. The van der Waals surface area contributed by atoms with E-state index in [1.54, 1.807) is 11.3 Å². The summed E-state index contributed by atoms with van der Waals surface area (Å²) in [5.74, 6) is 0. The molecule has 0 atom stereocenters. The second-order valence-corrected chi connectivity index (χ2v) is 6.46. The van der Waals surface area contributed by atoms with Gasteiger partial charge >= 0.3 is 0 Å². The summed E-state index contributed by atoms with van der Waals surface area (Å²) in [4.78, 5) is 2.14. The average molecular weight is 325 g/mol. The molecule has 0 amide bonds. The number of oxime groups is 1. The van der Waals surface area contributed by atoms with Gasteiger partial charge in [-0.05, 0) is 37.7 Å². The first-order valence-electron chi connectivity index (χ1n) is 7.37. The topological polar surface area (TPSA) is 40.8 Å². The predicted octanol–water partition coefficient (Wildman–Crippen LogP) is 3.83. The van der Waals surface area contributed by atoms with Crippen LogP contribution in [0.5, 0.6) is 0 Å². The highest BCUT2D eigenvalue weighted by Gasteiger charge is 2.16. The van der Waals surface area contributed by atoms with Crippen LogP contribution < -0.4 is 0 Å². The Morgan fingerprint density at radius 3 is 2.61 bits per heavy atom. The van der Waals surface area contributed by atoms with Crippen LogP contribution in [0.15, 0.2) is 65.3 Å². The lowest BCUT2D eigenvalue weighted by atomic mass is 10.0. The molecule has 0 saturated carbocycles. The van der Waals surface area contributed by atoms with Crippen molar-refractivity contribution in [3.8, 4) is 5.00 Å². The minimum absolute atomic E-state index is 0.589. The zero-order chi connectivity index (χ0) is 16.2. The van der Waals surface area contributed by atoms with Crippen molar-refractivity contribution in [2.75, 3.05) is 14.1 Å². The maximum atomic E-state index is 9.56. The van der Waals surface area contributed by atoms with Crippen LogP contribution in [0.2, 0.25) is 0 Å². The van der Waals surface area contributed by atoms with E-state index in [1.165, 1.54) is 5.69 Å². The van der Waals surface area contributed by atoms with Crippen molar-refractivity contribution in [1.29, 1.82) is 0 Å². The third-order valence-electron chi connectivity index (χ3n) is 3.58. The maximum absolute atomic E-state index is 9.56. The fourth-order valence-corrected chi connectivity index (χ4v) is 3.51. The third-order valence-corrected chi connectivity index (χ3v) is 4.49. The highest BCUT2D eigenvalue weighted by molar-refractivity contribution is 7.13. The Morgan fingerprint density at radius 2 is 1.91 bits per heavy atom. The van der Waals surface area contributed by atoms with Gasteiger partial charge < -0.3 is 14.7 Å². The molecule has 0 aliphatic rings. The Bertz CT molecular complexity index is 803. The quantitative estimate of drug-likeness (QED) is 0.440. The molecule has 0 unspecified atom stereocenters. The van der Waals surface area contributed by atoms with Crippen LogP contribution in [-0.4, -0.2) is 34.5 Å². The highest BCUT2D eigenvalue weighted by atomic mass is 32.1. The van der Waals surface area contributed by atoms with Crippen LogP contribution in [0.4, 0.5) is 0 Å². The molecule has 2 heterocycles. The van der Waals surface area contributed by atoms with Crippen LogP contribution >= 0.6 is 11.3 Å². The molecule has 118 valence electrons. The van der Waals surface area contributed by atoms with Crippen LogP contribution in [0.3, 0.4) is 0 Å². The Hall–Kier alpha value is -2.37. The smallest absolute Gasteiger partial charge is 0.120 e. The minimum atomic E-state index is 0.589. The van der Waals surface area contributed by atoms with Gasteiger partial charge in [0.1, 0.15) is 10.7 Å². The van der Waals surface area contributed by atoms with Crippen molar-refractivity contribution >= 4 is 17.0 Å². The number of thiophene rings is 1. The average Bonchev–Trinajstić information content (AvgIpc) is 3.18. The van der Waals surface area contributed by atoms with Gasteiger partial charge in [-0.1, -0.05) is 35.5 Å². The zero-order valence-electron chi connectivity index (χ0n) is 13.2. The second kappa shape index (κ2) is 6.81. The second-order valence-electron chi connectivity index (χ2n) is 5.56. The van der Waals surface area contributed by atoms with Gasteiger partial charge in [-0.2, -0.15) is 0 Å². The van der Waals surface area contributed by atoms with Gasteiger partial charge in [-0.3, -0.25) is 0 Å². The molecule has 3 rings (SSSR count). The third kappa shape index (κ3) is 3.21.